The topological polar surface area (TPSA) is 85.8 Å². The molecule has 2 atom stereocenters. The fraction of sp³-hybridized carbons (Fsp3) is 0.357. The van der Waals surface area contributed by atoms with E-state index in [0.29, 0.717) is 21.0 Å². The Bertz CT molecular complexity index is 721. The molecule has 0 aliphatic carbocycles. The first-order valence-corrected chi connectivity index (χ1v) is 8.52. The first kappa shape index (κ1) is 17.9. The van der Waals surface area contributed by atoms with Crippen molar-refractivity contribution < 1.29 is 4.79 Å². The van der Waals surface area contributed by atoms with Crippen LogP contribution in [-0.4, -0.2) is 26.0 Å². The molecule has 0 aliphatic heterocycles. The van der Waals surface area contributed by atoms with Gasteiger partial charge >= 0.3 is 0 Å². The van der Waals surface area contributed by atoms with Gasteiger partial charge in [0.15, 0.2) is 0 Å². The number of aryl methyl sites for hydroxylation is 1. The number of amides is 1. The third-order valence-corrected chi connectivity index (χ3v) is 4.89. The number of carbonyl (C=O) groups excluding carboxylic acids is 1. The lowest BCUT2D eigenvalue weighted by Gasteiger charge is -2.18. The molecular formula is C14H17Cl2N5OS. The van der Waals surface area contributed by atoms with E-state index < -0.39 is 0 Å². The van der Waals surface area contributed by atoms with Crippen molar-refractivity contribution in [1.82, 2.24) is 20.2 Å². The van der Waals surface area contributed by atoms with Gasteiger partial charge in [0.05, 0.1) is 11.3 Å². The van der Waals surface area contributed by atoms with Crippen molar-refractivity contribution in [3.05, 3.63) is 39.6 Å². The quantitative estimate of drug-likeness (QED) is 0.621. The number of benzene rings is 1. The van der Waals surface area contributed by atoms with Gasteiger partial charge in [-0.05, 0) is 38.5 Å². The van der Waals surface area contributed by atoms with Crippen LogP contribution in [0.2, 0.25) is 10.0 Å². The highest BCUT2D eigenvalue weighted by Gasteiger charge is 2.21. The van der Waals surface area contributed by atoms with Crippen LogP contribution >= 0.6 is 35.0 Å². The molecule has 0 bridgehead atoms. The van der Waals surface area contributed by atoms with Crippen molar-refractivity contribution in [2.24, 2.45) is 0 Å². The lowest BCUT2D eigenvalue weighted by atomic mass is 10.1. The molecule has 0 saturated heterocycles. The summed E-state index contributed by atoms with van der Waals surface area (Å²) in [7, 11) is 0. The number of nitrogens with two attached hydrogens (primary N) is 1. The van der Waals surface area contributed by atoms with Crippen LogP contribution in [0, 0.1) is 6.92 Å². The molecule has 0 unspecified atom stereocenters. The summed E-state index contributed by atoms with van der Waals surface area (Å²) in [5.74, 6) is 6.23. The molecule has 0 radical (unpaired) electrons. The Morgan fingerprint density at radius 3 is 2.61 bits per heavy atom. The van der Waals surface area contributed by atoms with E-state index >= 15 is 0 Å². The summed E-state index contributed by atoms with van der Waals surface area (Å²) in [6, 6.07) is 4.95. The van der Waals surface area contributed by atoms with Crippen LogP contribution in [-0.2, 0) is 4.79 Å². The zero-order valence-corrected chi connectivity index (χ0v) is 15.2. The number of thioether (sulfide) groups is 1. The number of carbonyl (C=O) groups is 1. The molecule has 3 N–H and O–H groups in total. The van der Waals surface area contributed by atoms with E-state index in [1.54, 1.807) is 32.0 Å². The molecular weight excluding hydrogens is 357 g/mol. The predicted octanol–water partition coefficient (Wildman–Crippen LogP) is 2.97. The minimum absolute atomic E-state index is 0.144. The molecule has 1 aromatic heterocycles. The van der Waals surface area contributed by atoms with Crippen LogP contribution in [0.15, 0.2) is 23.4 Å². The van der Waals surface area contributed by atoms with Crippen LogP contribution in [0.1, 0.15) is 31.3 Å². The van der Waals surface area contributed by atoms with Crippen LogP contribution in [0.3, 0.4) is 0 Å². The molecule has 0 spiro atoms. The summed E-state index contributed by atoms with van der Waals surface area (Å²) < 4.78 is 1.36. The number of hydrogen-bond donors (Lipinski definition) is 2. The average Bonchev–Trinajstić information content (AvgIpc) is 2.79. The number of rotatable bonds is 5. The van der Waals surface area contributed by atoms with Gasteiger partial charge in [0.1, 0.15) is 5.82 Å². The number of aromatic nitrogens is 3. The zero-order valence-electron chi connectivity index (χ0n) is 12.9. The Kier molecular flexibility index (Phi) is 5.78. The summed E-state index contributed by atoms with van der Waals surface area (Å²) in [6.07, 6.45) is 0. The first-order chi connectivity index (χ1) is 10.8. The second-order valence-electron chi connectivity index (χ2n) is 5.06. The third kappa shape index (κ3) is 4.31. The number of nitrogen functional groups attached to an aromatic ring is 1. The first-order valence-electron chi connectivity index (χ1n) is 6.88. The van der Waals surface area contributed by atoms with Gasteiger partial charge in [-0.15, -0.1) is 10.2 Å². The smallest absolute Gasteiger partial charge is 0.233 e. The Morgan fingerprint density at radius 1 is 1.35 bits per heavy atom. The monoisotopic (exact) mass is 373 g/mol. The Morgan fingerprint density at radius 2 is 2.04 bits per heavy atom. The van der Waals surface area contributed by atoms with Gasteiger partial charge in [-0.1, -0.05) is 41.0 Å². The van der Waals surface area contributed by atoms with Crippen molar-refractivity contribution >= 4 is 40.9 Å². The number of hydrogen-bond acceptors (Lipinski definition) is 5. The zero-order chi connectivity index (χ0) is 17.1. The van der Waals surface area contributed by atoms with Crippen LogP contribution in [0.4, 0.5) is 0 Å². The van der Waals surface area contributed by atoms with E-state index in [1.807, 2.05) is 6.92 Å². The van der Waals surface area contributed by atoms with E-state index in [-0.39, 0.29) is 17.2 Å². The van der Waals surface area contributed by atoms with Gasteiger partial charge in [0, 0.05) is 10.0 Å². The predicted molar refractivity (Wildman–Crippen MR) is 93.2 cm³/mol. The standard InChI is InChI=1S/C14H17Cl2N5OS/c1-7(11-5-4-10(15)6-12(11)16)18-13(22)8(2)23-14-20-19-9(3)21(14)17/h4-8H,17H2,1-3H3,(H,18,22)/t7-,8+/m0/s1. The third-order valence-electron chi connectivity index (χ3n) is 3.27. The Hall–Kier alpha value is -1.44. The average molecular weight is 374 g/mol. The van der Waals surface area contributed by atoms with Gasteiger partial charge in [-0.25, -0.2) is 4.68 Å². The van der Waals surface area contributed by atoms with E-state index in [1.165, 1.54) is 16.4 Å². The maximum absolute atomic E-state index is 12.3. The molecule has 9 heteroatoms. The van der Waals surface area contributed by atoms with E-state index in [0.717, 1.165) is 5.56 Å². The maximum atomic E-state index is 12.3. The molecule has 0 fully saturated rings. The second kappa shape index (κ2) is 7.42. The molecule has 2 aromatic rings. The highest BCUT2D eigenvalue weighted by Crippen LogP contribution is 2.27. The van der Waals surface area contributed by atoms with Crippen molar-refractivity contribution in [1.29, 1.82) is 0 Å². The normalized spacial score (nSPS) is 13.6. The summed E-state index contributed by atoms with van der Waals surface area (Å²) in [4.78, 5) is 12.3. The minimum Gasteiger partial charge on any atom is -0.349 e. The summed E-state index contributed by atoms with van der Waals surface area (Å²) in [6.45, 7) is 5.38. The van der Waals surface area contributed by atoms with Crippen molar-refractivity contribution in [2.75, 3.05) is 5.84 Å². The SMILES string of the molecule is Cc1nnc(S[C@H](C)C(=O)N[C@@H](C)c2ccc(Cl)cc2Cl)n1N. The highest BCUT2D eigenvalue weighted by atomic mass is 35.5. The number of nitrogens with one attached hydrogen (secondary N) is 1. The van der Waals surface area contributed by atoms with Crippen molar-refractivity contribution in [3.63, 3.8) is 0 Å². The molecule has 1 amide bonds. The molecule has 2 rings (SSSR count). The minimum atomic E-state index is -0.380. The van der Waals surface area contributed by atoms with Crippen molar-refractivity contribution in [3.8, 4) is 0 Å². The lowest BCUT2D eigenvalue weighted by molar-refractivity contribution is -0.120. The fourth-order valence-corrected chi connectivity index (χ4v) is 3.30. The molecule has 1 aromatic carbocycles. The highest BCUT2D eigenvalue weighted by molar-refractivity contribution is 8.00. The number of halogens is 2. The van der Waals surface area contributed by atoms with Gasteiger partial charge in [0.25, 0.3) is 0 Å². The molecule has 6 nitrogen and oxygen atoms in total. The van der Waals surface area contributed by atoms with Crippen molar-refractivity contribution in [2.45, 2.75) is 37.2 Å². The second-order valence-corrected chi connectivity index (χ2v) is 7.21. The lowest BCUT2D eigenvalue weighted by Crippen LogP contribution is -2.33. The summed E-state index contributed by atoms with van der Waals surface area (Å²) in [5, 5.41) is 11.9. The Balaban J connectivity index is 2.01. The van der Waals surface area contributed by atoms with Crippen LogP contribution in [0.25, 0.3) is 0 Å². The fourth-order valence-electron chi connectivity index (χ4n) is 1.90. The molecule has 1 heterocycles. The van der Waals surface area contributed by atoms with Gasteiger partial charge in [-0.3, -0.25) is 4.79 Å². The van der Waals surface area contributed by atoms with Crippen LogP contribution < -0.4 is 11.2 Å². The van der Waals surface area contributed by atoms with Gasteiger partial charge in [0.2, 0.25) is 11.1 Å². The van der Waals surface area contributed by atoms with E-state index in [4.69, 9.17) is 29.0 Å². The largest absolute Gasteiger partial charge is 0.349 e. The molecule has 0 aliphatic rings. The molecule has 124 valence electrons. The van der Waals surface area contributed by atoms with Gasteiger partial charge in [-0.2, -0.15) is 0 Å². The molecule has 0 saturated carbocycles. The summed E-state index contributed by atoms with van der Waals surface area (Å²) >= 11 is 13.3. The van der Waals surface area contributed by atoms with E-state index in [9.17, 15) is 4.79 Å². The summed E-state index contributed by atoms with van der Waals surface area (Å²) in [5.41, 5.74) is 0.805. The Labute approximate surface area is 148 Å². The van der Waals surface area contributed by atoms with Gasteiger partial charge < -0.3 is 11.2 Å². The number of nitrogens with zero attached hydrogens (tertiary/aromatic N) is 3. The maximum Gasteiger partial charge on any atom is 0.233 e. The molecule has 23 heavy (non-hydrogen) atoms. The van der Waals surface area contributed by atoms with Crippen LogP contribution in [0.5, 0.6) is 0 Å². The van der Waals surface area contributed by atoms with E-state index in [2.05, 4.69) is 15.5 Å².